The van der Waals surface area contributed by atoms with Crippen molar-refractivity contribution in [3.8, 4) is 0 Å². The van der Waals surface area contributed by atoms with E-state index in [2.05, 4.69) is 36.5 Å². The van der Waals surface area contributed by atoms with E-state index in [1.165, 1.54) is 11.1 Å². The first-order valence-electron chi connectivity index (χ1n) is 4.62. The molecule has 0 aliphatic heterocycles. The van der Waals surface area contributed by atoms with Crippen LogP contribution in [0.5, 0.6) is 0 Å². The Morgan fingerprint density at radius 2 is 1.92 bits per heavy atom. The topological polar surface area (TPSA) is 32.3 Å². The van der Waals surface area contributed by atoms with Gasteiger partial charge >= 0.3 is 0 Å². The van der Waals surface area contributed by atoms with E-state index in [9.17, 15) is 0 Å². The largest absolute Gasteiger partial charge is 0.396 e. The van der Waals surface area contributed by atoms with Crippen molar-refractivity contribution in [1.82, 2.24) is 5.32 Å². The Hall–Kier alpha value is -0.860. The monoisotopic (exact) mass is 179 g/mol. The van der Waals surface area contributed by atoms with Gasteiger partial charge in [-0.3, -0.25) is 0 Å². The number of aliphatic hydroxyl groups excluding tert-OH is 1. The number of hydrogen-bond acceptors (Lipinski definition) is 2. The first-order chi connectivity index (χ1) is 6.27. The van der Waals surface area contributed by atoms with Crippen LogP contribution in [0.25, 0.3) is 0 Å². The molecule has 0 heterocycles. The van der Waals surface area contributed by atoms with Gasteiger partial charge in [0.2, 0.25) is 0 Å². The molecular formula is C11H17NO. The Morgan fingerprint density at radius 3 is 2.38 bits per heavy atom. The Labute approximate surface area is 79.6 Å². The Kier molecular flexibility index (Phi) is 3.93. The molecule has 0 fully saturated rings. The smallest absolute Gasteiger partial charge is 0.0449 e. The normalized spacial score (nSPS) is 12.8. The predicted octanol–water partition coefficient (Wildman–Crippen LogP) is 1.64. The summed E-state index contributed by atoms with van der Waals surface area (Å²) in [6.07, 6.45) is 0.763. The minimum atomic E-state index is 0.222. The molecule has 0 saturated heterocycles. The molecule has 1 rings (SSSR count). The van der Waals surface area contributed by atoms with Gasteiger partial charge < -0.3 is 10.4 Å². The molecule has 1 aromatic rings. The molecule has 2 N–H and O–H groups in total. The van der Waals surface area contributed by atoms with Crippen molar-refractivity contribution in [2.45, 2.75) is 19.4 Å². The lowest BCUT2D eigenvalue weighted by molar-refractivity contribution is 0.269. The third-order valence-electron chi connectivity index (χ3n) is 2.25. The number of hydrogen-bond donors (Lipinski definition) is 2. The molecule has 1 atom stereocenters. The van der Waals surface area contributed by atoms with Crippen LogP contribution in [0.2, 0.25) is 0 Å². The molecule has 0 spiro atoms. The Morgan fingerprint density at radius 1 is 1.31 bits per heavy atom. The highest BCUT2D eigenvalue weighted by Crippen LogP contribution is 2.16. The van der Waals surface area contributed by atoms with Crippen molar-refractivity contribution < 1.29 is 5.11 Å². The van der Waals surface area contributed by atoms with Gasteiger partial charge in [-0.1, -0.05) is 29.8 Å². The summed E-state index contributed by atoms with van der Waals surface area (Å²) < 4.78 is 0. The van der Waals surface area contributed by atoms with E-state index in [1.54, 1.807) is 0 Å². The second-order valence-corrected chi connectivity index (χ2v) is 3.26. The SMILES string of the molecule is CN[C@@H](CCO)c1ccc(C)cc1. The van der Waals surface area contributed by atoms with Crippen LogP contribution < -0.4 is 5.32 Å². The van der Waals surface area contributed by atoms with Crippen molar-refractivity contribution in [2.24, 2.45) is 0 Å². The van der Waals surface area contributed by atoms with Crippen LogP contribution in [-0.4, -0.2) is 18.8 Å². The van der Waals surface area contributed by atoms with Gasteiger partial charge in [0.25, 0.3) is 0 Å². The second-order valence-electron chi connectivity index (χ2n) is 3.26. The van der Waals surface area contributed by atoms with E-state index >= 15 is 0 Å². The third-order valence-corrected chi connectivity index (χ3v) is 2.25. The van der Waals surface area contributed by atoms with E-state index in [0.29, 0.717) is 0 Å². The van der Waals surface area contributed by atoms with E-state index in [1.807, 2.05) is 7.05 Å². The van der Waals surface area contributed by atoms with Crippen molar-refractivity contribution in [1.29, 1.82) is 0 Å². The van der Waals surface area contributed by atoms with Gasteiger partial charge in [0, 0.05) is 12.6 Å². The van der Waals surface area contributed by atoms with Crippen LogP contribution in [0.1, 0.15) is 23.6 Å². The summed E-state index contributed by atoms with van der Waals surface area (Å²) in [5.74, 6) is 0. The molecule has 0 aromatic heterocycles. The second kappa shape index (κ2) is 5.00. The number of rotatable bonds is 4. The minimum Gasteiger partial charge on any atom is -0.396 e. The summed E-state index contributed by atoms with van der Waals surface area (Å²) in [7, 11) is 1.92. The average Bonchev–Trinajstić information content (AvgIpc) is 2.16. The molecule has 0 saturated carbocycles. The lowest BCUT2D eigenvalue weighted by Gasteiger charge is -2.15. The zero-order valence-corrected chi connectivity index (χ0v) is 8.25. The Bertz CT molecular complexity index is 243. The van der Waals surface area contributed by atoms with E-state index in [0.717, 1.165) is 6.42 Å². The average molecular weight is 179 g/mol. The van der Waals surface area contributed by atoms with E-state index < -0.39 is 0 Å². The third kappa shape index (κ3) is 2.83. The zero-order chi connectivity index (χ0) is 9.68. The summed E-state index contributed by atoms with van der Waals surface area (Å²) in [5.41, 5.74) is 2.50. The van der Waals surface area contributed by atoms with E-state index in [4.69, 9.17) is 5.11 Å². The summed E-state index contributed by atoms with van der Waals surface area (Å²) in [4.78, 5) is 0. The highest BCUT2D eigenvalue weighted by atomic mass is 16.3. The minimum absolute atomic E-state index is 0.222. The van der Waals surface area contributed by atoms with Crippen molar-refractivity contribution in [3.05, 3.63) is 35.4 Å². The van der Waals surface area contributed by atoms with Gasteiger partial charge in [0.15, 0.2) is 0 Å². The quantitative estimate of drug-likeness (QED) is 0.736. The van der Waals surface area contributed by atoms with Gasteiger partial charge in [-0.25, -0.2) is 0 Å². The zero-order valence-electron chi connectivity index (χ0n) is 8.25. The highest BCUT2D eigenvalue weighted by Gasteiger charge is 2.06. The van der Waals surface area contributed by atoms with Crippen LogP contribution in [0.3, 0.4) is 0 Å². The summed E-state index contributed by atoms with van der Waals surface area (Å²) in [6, 6.07) is 8.66. The van der Waals surface area contributed by atoms with Crippen LogP contribution >= 0.6 is 0 Å². The first-order valence-corrected chi connectivity index (χ1v) is 4.62. The molecule has 0 radical (unpaired) electrons. The van der Waals surface area contributed by atoms with Gasteiger partial charge in [-0.15, -0.1) is 0 Å². The predicted molar refractivity (Wildman–Crippen MR) is 54.7 cm³/mol. The Balaban J connectivity index is 2.73. The molecule has 2 nitrogen and oxygen atoms in total. The molecule has 72 valence electrons. The molecule has 0 bridgehead atoms. The number of aryl methyl sites for hydroxylation is 1. The fourth-order valence-corrected chi connectivity index (χ4v) is 1.41. The standard InChI is InChI=1S/C11H17NO/c1-9-3-5-10(6-4-9)11(12-2)7-8-13/h3-6,11-13H,7-8H2,1-2H3/t11-/m0/s1. The summed E-state index contributed by atoms with van der Waals surface area (Å²) in [6.45, 7) is 2.30. The van der Waals surface area contributed by atoms with Crippen molar-refractivity contribution in [2.75, 3.05) is 13.7 Å². The number of aliphatic hydroxyl groups is 1. The van der Waals surface area contributed by atoms with Gasteiger partial charge in [-0.05, 0) is 26.0 Å². The molecule has 0 amide bonds. The van der Waals surface area contributed by atoms with Crippen LogP contribution in [0.4, 0.5) is 0 Å². The van der Waals surface area contributed by atoms with Crippen molar-refractivity contribution >= 4 is 0 Å². The highest BCUT2D eigenvalue weighted by molar-refractivity contribution is 5.23. The summed E-state index contributed by atoms with van der Waals surface area (Å²) >= 11 is 0. The maximum atomic E-state index is 8.84. The fourth-order valence-electron chi connectivity index (χ4n) is 1.41. The lowest BCUT2D eigenvalue weighted by Crippen LogP contribution is -2.17. The van der Waals surface area contributed by atoms with Gasteiger partial charge in [-0.2, -0.15) is 0 Å². The van der Waals surface area contributed by atoms with Gasteiger partial charge in [0.1, 0.15) is 0 Å². The molecule has 1 aromatic carbocycles. The number of nitrogens with one attached hydrogen (secondary N) is 1. The van der Waals surface area contributed by atoms with Crippen LogP contribution in [0, 0.1) is 6.92 Å². The molecular weight excluding hydrogens is 162 g/mol. The van der Waals surface area contributed by atoms with Crippen LogP contribution in [-0.2, 0) is 0 Å². The molecule has 2 heteroatoms. The maximum Gasteiger partial charge on any atom is 0.0449 e. The molecule has 0 unspecified atom stereocenters. The fraction of sp³-hybridized carbons (Fsp3) is 0.455. The molecule has 0 aliphatic carbocycles. The number of benzene rings is 1. The molecule has 0 aliphatic rings. The van der Waals surface area contributed by atoms with E-state index in [-0.39, 0.29) is 12.6 Å². The summed E-state index contributed by atoms with van der Waals surface area (Å²) in [5, 5.41) is 12.0. The van der Waals surface area contributed by atoms with Gasteiger partial charge in [0.05, 0.1) is 0 Å². The van der Waals surface area contributed by atoms with Crippen LogP contribution in [0.15, 0.2) is 24.3 Å². The maximum absolute atomic E-state index is 8.84. The molecule has 13 heavy (non-hydrogen) atoms. The lowest BCUT2D eigenvalue weighted by atomic mass is 10.0. The first kappa shape index (κ1) is 10.2. The van der Waals surface area contributed by atoms with Crippen molar-refractivity contribution in [3.63, 3.8) is 0 Å².